The quantitative estimate of drug-likeness (QED) is 0.715. The Morgan fingerprint density at radius 3 is 2.93 bits per heavy atom. The third-order valence-electron chi connectivity index (χ3n) is 1.75. The van der Waals surface area contributed by atoms with E-state index in [-0.39, 0.29) is 5.91 Å². The molecule has 1 aromatic heterocycles. The number of hydrogen-bond donors (Lipinski definition) is 0. The molecule has 14 heavy (non-hydrogen) atoms. The maximum absolute atomic E-state index is 11.4. The standard InChI is InChI=1S/C10H14N2OS/c1-4-5-10(13)12(3)6-9-7-14-8(2)11-9/h4-5,7H,6H2,1-3H3. The molecule has 0 aliphatic heterocycles. The fourth-order valence-corrected chi connectivity index (χ4v) is 1.68. The van der Waals surface area contributed by atoms with Gasteiger partial charge in [-0.05, 0) is 19.9 Å². The number of thiazole rings is 1. The van der Waals surface area contributed by atoms with Gasteiger partial charge in [0.1, 0.15) is 0 Å². The number of carbonyl (C=O) groups excluding carboxylic acids is 1. The number of aromatic nitrogens is 1. The Balaban J connectivity index is 2.56. The van der Waals surface area contributed by atoms with Gasteiger partial charge in [-0.2, -0.15) is 0 Å². The van der Waals surface area contributed by atoms with Gasteiger partial charge in [0.25, 0.3) is 0 Å². The van der Waals surface area contributed by atoms with Gasteiger partial charge in [0.15, 0.2) is 0 Å². The smallest absolute Gasteiger partial charge is 0.246 e. The first-order chi connectivity index (χ1) is 6.63. The number of allylic oxidation sites excluding steroid dienone is 1. The number of amides is 1. The van der Waals surface area contributed by atoms with Gasteiger partial charge < -0.3 is 4.90 Å². The van der Waals surface area contributed by atoms with Gasteiger partial charge in [-0.25, -0.2) is 4.98 Å². The first kappa shape index (κ1) is 10.9. The molecular weight excluding hydrogens is 196 g/mol. The van der Waals surface area contributed by atoms with Crippen molar-refractivity contribution in [3.8, 4) is 0 Å². The maximum Gasteiger partial charge on any atom is 0.246 e. The van der Waals surface area contributed by atoms with Crippen LogP contribution in [-0.2, 0) is 11.3 Å². The van der Waals surface area contributed by atoms with E-state index in [0.29, 0.717) is 6.54 Å². The largest absolute Gasteiger partial charge is 0.336 e. The fourth-order valence-electron chi connectivity index (χ4n) is 1.07. The van der Waals surface area contributed by atoms with E-state index in [1.165, 1.54) is 0 Å². The molecular formula is C10H14N2OS. The minimum absolute atomic E-state index is 0.0122. The van der Waals surface area contributed by atoms with Crippen molar-refractivity contribution < 1.29 is 4.79 Å². The molecule has 1 aromatic rings. The topological polar surface area (TPSA) is 33.2 Å². The molecule has 0 aliphatic rings. The van der Waals surface area contributed by atoms with Crippen molar-refractivity contribution in [1.29, 1.82) is 0 Å². The van der Waals surface area contributed by atoms with Crippen molar-refractivity contribution in [2.24, 2.45) is 0 Å². The lowest BCUT2D eigenvalue weighted by Crippen LogP contribution is -2.24. The molecule has 0 aromatic carbocycles. The van der Waals surface area contributed by atoms with Crippen LogP contribution in [0.1, 0.15) is 17.6 Å². The molecule has 0 atom stereocenters. The van der Waals surface area contributed by atoms with Crippen LogP contribution in [0.3, 0.4) is 0 Å². The summed E-state index contributed by atoms with van der Waals surface area (Å²) in [4.78, 5) is 17.3. The van der Waals surface area contributed by atoms with Gasteiger partial charge in [-0.3, -0.25) is 4.79 Å². The first-order valence-corrected chi connectivity index (χ1v) is 5.30. The van der Waals surface area contributed by atoms with E-state index in [9.17, 15) is 4.79 Å². The second-order valence-corrected chi connectivity index (χ2v) is 4.11. The highest BCUT2D eigenvalue weighted by molar-refractivity contribution is 7.09. The van der Waals surface area contributed by atoms with Gasteiger partial charge in [0.05, 0.1) is 17.2 Å². The predicted molar refractivity (Wildman–Crippen MR) is 58.1 cm³/mol. The zero-order chi connectivity index (χ0) is 10.6. The zero-order valence-electron chi connectivity index (χ0n) is 8.65. The summed E-state index contributed by atoms with van der Waals surface area (Å²) in [7, 11) is 1.77. The summed E-state index contributed by atoms with van der Waals surface area (Å²) in [6.07, 6.45) is 3.30. The van der Waals surface area contributed by atoms with Gasteiger partial charge in [0, 0.05) is 12.4 Å². The van der Waals surface area contributed by atoms with E-state index in [1.54, 1.807) is 35.4 Å². The van der Waals surface area contributed by atoms with Crippen molar-refractivity contribution in [3.05, 3.63) is 28.2 Å². The van der Waals surface area contributed by atoms with Gasteiger partial charge >= 0.3 is 0 Å². The van der Waals surface area contributed by atoms with Crippen LogP contribution in [0.4, 0.5) is 0 Å². The third-order valence-corrected chi connectivity index (χ3v) is 2.57. The molecule has 4 heteroatoms. The van der Waals surface area contributed by atoms with Crippen LogP contribution in [0.15, 0.2) is 17.5 Å². The van der Waals surface area contributed by atoms with Crippen molar-refractivity contribution in [1.82, 2.24) is 9.88 Å². The number of aryl methyl sites for hydroxylation is 1. The molecule has 1 rings (SSSR count). The summed E-state index contributed by atoms with van der Waals surface area (Å²) in [5, 5.41) is 3.02. The number of likely N-dealkylation sites (N-methyl/N-ethyl adjacent to an activating group) is 1. The Morgan fingerprint density at radius 2 is 2.43 bits per heavy atom. The molecule has 0 saturated carbocycles. The maximum atomic E-state index is 11.4. The Labute approximate surface area is 88.1 Å². The van der Waals surface area contributed by atoms with Gasteiger partial charge in [0.2, 0.25) is 5.91 Å². The monoisotopic (exact) mass is 210 g/mol. The molecule has 0 radical (unpaired) electrons. The number of hydrogen-bond acceptors (Lipinski definition) is 3. The highest BCUT2D eigenvalue weighted by Gasteiger charge is 2.06. The lowest BCUT2D eigenvalue weighted by atomic mass is 10.4. The average Bonchev–Trinajstić information content (AvgIpc) is 2.51. The number of carbonyl (C=O) groups is 1. The second-order valence-electron chi connectivity index (χ2n) is 3.05. The molecule has 1 heterocycles. The summed E-state index contributed by atoms with van der Waals surface area (Å²) >= 11 is 1.60. The lowest BCUT2D eigenvalue weighted by Gasteiger charge is -2.12. The lowest BCUT2D eigenvalue weighted by molar-refractivity contribution is -0.125. The van der Waals surface area contributed by atoms with Crippen LogP contribution in [0.5, 0.6) is 0 Å². The minimum Gasteiger partial charge on any atom is -0.336 e. The average molecular weight is 210 g/mol. The summed E-state index contributed by atoms with van der Waals surface area (Å²) < 4.78 is 0. The summed E-state index contributed by atoms with van der Waals surface area (Å²) in [5.74, 6) is 0.0122. The van der Waals surface area contributed by atoms with E-state index in [2.05, 4.69) is 4.98 Å². The summed E-state index contributed by atoms with van der Waals surface area (Å²) in [5.41, 5.74) is 0.952. The molecule has 0 N–H and O–H groups in total. The fraction of sp³-hybridized carbons (Fsp3) is 0.400. The van der Waals surface area contributed by atoms with E-state index >= 15 is 0 Å². The summed E-state index contributed by atoms with van der Waals surface area (Å²) in [6, 6.07) is 0. The van der Waals surface area contributed by atoms with E-state index in [4.69, 9.17) is 0 Å². The Hall–Kier alpha value is -1.16. The minimum atomic E-state index is 0.0122. The van der Waals surface area contributed by atoms with Gasteiger partial charge in [-0.15, -0.1) is 11.3 Å². The Bertz CT molecular complexity index is 344. The van der Waals surface area contributed by atoms with Crippen LogP contribution < -0.4 is 0 Å². The van der Waals surface area contributed by atoms with Crippen LogP contribution in [0.25, 0.3) is 0 Å². The van der Waals surface area contributed by atoms with E-state index < -0.39 is 0 Å². The molecule has 0 unspecified atom stereocenters. The second kappa shape index (κ2) is 4.91. The van der Waals surface area contributed by atoms with Crippen molar-refractivity contribution in [2.75, 3.05) is 7.05 Å². The van der Waals surface area contributed by atoms with Crippen molar-refractivity contribution in [3.63, 3.8) is 0 Å². The normalized spacial score (nSPS) is 10.8. The Kier molecular flexibility index (Phi) is 3.83. The van der Waals surface area contributed by atoms with Crippen LogP contribution >= 0.6 is 11.3 Å². The number of nitrogens with zero attached hydrogens (tertiary/aromatic N) is 2. The molecule has 0 saturated heterocycles. The van der Waals surface area contributed by atoms with E-state index in [1.807, 2.05) is 19.2 Å². The number of rotatable bonds is 3. The van der Waals surface area contributed by atoms with Crippen molar-refractivity contribution >= 4 is 17.2 Å². The zero-order valence-corrected chi connectivity index (χ0v) is 9.47. The molecule has 1 amide bonds. The SMILES string of the molecule is CC=CC(=O)N(C)Cc1csc(C)n1. The highest BCUT2D eigenvalue weighted by atomic mass is 32.1. The predicted octanol–water partition coefficient (Wildman–Crippen LogP) is 1.99. The van der Waals surface area contributed by atoms with Crippen LogP contribution in [-0.4, -0.2) is 22.8 Å². The highest BCUT2D eigenvalue weighted by Crippen LogP contribution is 2.09. The van der Waals surface area contributed by atoms with Gasteiger partial charge in [-0.1, -0.05) is 6.08 Å². The van der Waals surface area contributed by atoms with E-state index in [0.717, 1.165) is 10.7 Å². The summed E-state index contributed by atoms with van der Waals surface area (Å²) in [6.45, 7) is 4.37. The third kappa shape index (κ3) is 2.96. The molecule has 0 bridgehead atoms. The molecule has 76 valence electrons. The van der Waals surface area contributed by atoms with Crippen LogP contribution in [0, 0.1) is 6.92 Å². The van der Waals surface area contributed by atoms with Crippen LogP contribution in [0.2, 0.25) is 0 Å². The Morgan fingerprint density at radius 1 is 1.71 bits per heavy atom. The molecule has 0 aliphatic carbocycles. The van der Waals surface area contributed by atoms with Crippen molar-refractivity contribution in [2.45, 2.75) is 20.4 Å². The molecule has 3 nitrogen and oxygen atoms in total. The molecule has 0 spiro atoms. The first-order valence-electron chi connectivity index (χ1n) is 4.42. The molecule has 0 fully saturated rings.